The van der Waals surface area contributed by atoms with Gasteiger partial charge in [0.1, 0.15) is 0 Å². The highest BCUT2D eigenvalue weighted by atomic mass is 35.5. The van der Waals surface area contributed by atoms with Crippen LogP contribution in [-0.4, -0.2) is 36.1 Å². The van der Waals surface area contributed by atoms with Gasteiger partial charge in [0.25, 0.3) is 0 Å². The van der Waals surface area contributed by atoms with Gasteiger partial charge in [-0.25, -0.2) is 4.98 Å². The van der Waals surface area contributed by atoms with Crippen LogP contribution in [0, 0.1) is 0 Å². The average molecular weight is 282 g/mol. The molecule has 1 aliphatic rings. The van der Waals surface area contributed by atoms with Crippen molar-refractivity contribution in [1.29, 1.82) is 0 Å². The third kappa shape index (κ3) is 3.86. The minimum atomic E-state index is 0. The van der Waals surface area contributed by atoms with Crippen LogP contribution < -0.4 is 5.32 Å². The summed E-state index contributed by atoms with van der Waals surface area (Å²) < 4.78 is 0.642. The Morgan fingerprint density at radius 2 is 2.25 bits per heavy atom. The second-order valence-corrected chi connectivity index (χ2v) is 5.67. The highest BCUT2D eigenvalue weighted by Gasteiger charge is 2.18. The average Bonchev–Trinajstić information content (AvgIpc) is 2.65. The Hall–Kier alpha value is 0.130. The van der Waals surface area contributed by atoms with Crippen LogP contribution >= 0.6 is 35.3 Å². The summed E-state index contributed by atoms with van der Waals surface area (Å²) in [5.41, 5.74) is 0. The van der Waals surface area contributed by atoms with E-state index in [4.69, 9.17) is 11.6 Å². The summed E-state index contributed by atoms with van der Waals surface area (Å²) in [5.74, 6) is 0. The molecule has 1 N–H and O–H groups in total. The molecule has 1 aliphatic heterocycles. The SMILES string of the molecule is CN(Cc1cnc(Cl)s1)C1CCNCC1.Cl. The van der Waals surface area contributed by atoms with Crippen molar-refractivity contribution in [2.45, 2.75) is 25.4 Å². The van der Waals surface area contributed by atoms with Crippen molar-refractivity contribution in [1.82, 2.24) is 15.2 Å². The Morgan fingerprint density at radius 1 is 1.56 bits per heavy atom. The zero-order valence-electron chi connectivity index (χ0n) is 9.28. The van der Waals surface area contributed by atoms with Gasteiger partial charge in [0.15, 0.2) is 4.47 Å². The summed E-state index contributed by atoms with van der Waals surface area (Å²) in [5, 5.41) is 3.38. The van der Waals surface area contributed by atoms with Gasteiger partial charge in [-0.2, -0.15) is 0 Å². The van der Waals surface area contributed by atoms with Gasteiger partial charge in [-0.15, -0.1) is 23.7 Å². The zero-order chi connectivity index (χ0) is 10.7. The molecule has 92 valence electrons. The lowest BCUT2D eigenvalue weighted by Gasteiger charge is -2.31. The summed E-state index contributed by atoms with van der Waals surface area (Å²) in [6, 6.07) is 0.701. The number of halogens is 2. The molecule has 0 saturated carbocycles. The van der Waals surface area contributed by atoms with Crippen molar-refractivity contribution in [3.63, 3.8) is 0 Å². The summed E-state index contributed by atoms with van der Waals surface area (Å²) in [6.45, 7) is 3.24. The van der Waals surface area contributed by atoms with E-state index in [0.29, 0.717) is 10.5 Å². The largest absolute Gasteiger partial charge is 0.317 e. The number of thiazole rings is 1. The minimum absolute atomic E-state index is 0. The fraction of sp³-hybridized carbons (Fsp3) is 0.700. The first-order valence-corrected chi connectivity index (χ1v) is 6.46. The molecular weight excluding hydrogens is 265 g/mol. The topological polar surface area (TPSA) is 28.2 Å². The lowest BCUT2D eigenvalue weighted by Crippen LogP contribution is -2.40. The predicted octanol–water partition coefficient (Wildman–Crippen LogP) is 2.40. The molecule has 0 atom stereocenters. The van der Waals surface area contributed by atoms with E-state index in [-0.39, 0.29) is 12.4 Å². The van der Waals surface area contributed by atoms with E-state index in [2.05, 4.69) is 22.2 Å². The van der Waals surface area contributed by atoms with Gasteiger partial charge in [0, 0.05) is 23.7 Å². The summed E-state index contributed by atoms with van der Waals surface area (Å²) in [6.07, 6.45) is 4.36. The van der Waals surface area contributed by atoms with E-state index in [1.54, 1.807) is 11.3 Å². The summed E-state index contributed by atoms with van der Waals surface area (Å²) in [4.78, 5) is 7.72. The van der Waals surface area contributed by atoms with Crippen molar-refractivity contribution in [2.24, 2.45) is 0 Å². The van der Waals surface area contributed by atoms with Gasteiger partial charge in [-0.1, -0.05) is 11.6 Å². The molecule has 0 aliphatic carbocycles. The van der Waals surface area contributed by atoms with Gasteiger partial charge in [0.05, 0.1) is 0 Å². The molecule has 3 nitrogen and oxygen atoms in total. The third-order valence-electron chi connectivity index (χ3n) is 2.86. The fourth-order valence-electron chi connectivity index (χ4n) is 1.98. The Balaban J connectivity index is 0.00000128. The van der Waals surface area contributed by atoms with Crippen molar-refractivity contribution < 1.29 is 0 Å². The fourth-order valence-corrected chi connectivity index (χ4v) is 3.02. The first-order valence-electron chi connectivity index (χ1n) is 5.27. The van der Waals surface area contributed by atoms with Gasteiger partial charge < -0.3 is 5.32 Å². The minimum Gasteiger partial charge on any atom is -0.317 e. The number of aromatic nitrogens is 1. The van der Waals surface area contributed by atoms with Crippen LogP contribution in [0.1, 0.15) is 17.7 Å². The normalized spacial score (nSPS) is 17.4. The third-order valence-corrected chi connectivity index (χ3v) is 3.96. The maximum absolute atomic E-state index is 5.81. The van der Waals surface area contributed by atoms with Gasteiger partial charge >= 0.3 is 0 Å². The second kappa shape index (κ2) is 6.77. The van der Waals surface area contributed by atoms with Gasteiger partial charge in [-0.05, 0) is 33.0 Å². The monoisotopic (exact) mass is 281 g/mol. The lowest BCUT2D eigenvalue weighted by atomic mass is 10.1. The molecule has 1 fully saturated rings. The number of nitrogens with zero attached hydrogens (tertiary/aromatic N) is 2. The molecule has 1 aromatic rings. The van der Waals surface area contributed by atoms with Crippen molar-refractivity contribution in [2.75, 3.05) is 20.1 Å². The van der Waals surface area contributed by atoms with Gasteiger partial charge in [-0.3, -0.25) is 4.90 Å². The van der Waals surface area contributed by atoms with Crippen LogP contribution in [0.3, 0.4) is 0 Å². The number of piperidine rings is 1. The van der Waals surface area contributed by atoms with Crippen LogP contribution in [0.4, 0.5) is 0 Å². The number of hydrogen-bond acceptors (Lipinski definition) is 4. The molecule has 2 heterocycles. The molecule has 1 aromatic heterocycles. The molecule has 0 aromatic carbocycles. The van der Waals surface area contributed by atoms with Crippen LogP contribution in [0.25, 0.3) is 0 Å². The first-order chi connectivity index (χ1) is 7.25. The Labute approximate surface area is 112 Å². The summed E-state index contributed by atoms with van der Waals surface area (Å²) >= 11 is 7.39. The van der Waals surface area contributed by atoms with Crippen molar-refractivity contribution in [3.05, 3.63) is 15.5 Å². The maximum Gasteiger partial charge on any atom is 0.183 e. The van der Waals surface area contributed by atoms with E-state index in [0.717, 1.165) is 19.6 Å². The first kappa shape index (κ1) is 14.2. The van der Waals surface area contributed by atoms with E-state index in [1.165, 1.54) is 17.7 Å². The van der Waals surface area contributed by atoms with E-state index < -0.39 is 0 Å². The standard InChI is InChI=1S/C10H16ClN3S.ClH/c1-14(8-2-4-12-5-3-8)7-9-6-13-10(11)15-9;/h6,8,12H,2-5,7H2,1H3;1H. The smallest absolute Gasteiger partial charge is 0.183 e. The second-order valence-electron chi connectivity index (χ2n) is 3.98. The zero-order valence-corrected chi connectivity index (χ0v) is 11.7. The molecule has 0 unspecified atom stereocenters. The molecule has 0 amide bonds. The quantitative estimate of drug-likeness (QED) is 0.922. The lowest BCUT2D eigenvalue weighted by molar-refractivity contribution is 0.193. The Bertz CT molecular complexity index is 313. The van der Waals surface area contributed by atoms with Crippen molar-refractivity contribution in [3.8, 4) is 0 Å². The van der Waals surface area contributed by atoms with Crippen molar-refractivity contribution >= 4 is 35.3 Å². The molecule has 0 spiro atoms. The van der Waals surface area contributed by atoms with Crippen LogP contribution in [-0.2, 0) is 6.54 Å². The number of hydrogen-bond donors (Lipinski definition) is 1. The summed E-state index contributed by atoms with van der Waals surface area (Å²) in [7, 11) is 2.18. The molecular formula is C10H17Cl2N3S. The highest BCUT2D eigenvalue weighted by molar-refractivity contribution is 7.15. The molecule has 1 saturated heterocycles. The Kier molecular flexibility index (Phi) is 6.00. The van der Waals surface area contributed by atoms with E-state index in [1.807, 2.05) is 6.20 Å². The van der Waals surface area contributed by atoms with Crippen LogP contribution in [0.15, 0.2) is 6.20 Å². The number of nitrogens with one attached hydrogen (secondary N) is 1. The van der Waals surface area contributed by atoms with Crippen LogP contribution in [0.5, 0.6) is 0 Å². The Morgan fingerprint density at radius 3 is 2.81 bits per heavy atom. The molecule has 16 heavy (non-hydrogen) atoms. The molecule has 0 radical (unpaired) electrons. The predicted molar refractivity (Wildman–Crippen MR) is 71.7 cm³/mol. The highest BCUT2D eigenvalue weighted by Crippen LogP contribution is 2.21. The van der Waals surface area contributed by atoms with E-state index >= 15 is 0 Å². The van der Waals surface area contributed by atoms with Gasteiger partial charge in [0.2, 0.25) is 0 Å². The number of rotatable bonds is 3. The maximum atomic E-state index is 5.81. The molecule has 2 rings (SSSR count). The molecule has 6 heteroatoms. The van der Waals surface area contributed by atoms with E-state index in [9.17, 15) is 0 Å². The molecule has 0 bridgehead atoms. The van der Waals surface area contributed by atoms with Crippen LogP contribution in [0.2, 0.25) is 4.47 Å².